The number of fused-ring (bicyclic) bond motifs is 6. The number of aryl methyl sites for hydroxylation is 2. The predicted molar refractivity (Wildman–Crippen MR) is 138 cm³/mol. The molecule has 0 spiro atoms. The van der Waals surface area contributed by atoms with E-state index < -0.39 is 0 Å². The third kappa shape index (κ3) is 5.25. The Morgan fingerprint density at radius 1 is 0.853 bits per heavy atom. The van der Waals surface area contributed by atoms with Crippen LogP contribution in [0.5, 0.6) is 0 Å². The van der Waals surface area contributed by atoms with E-state index in [-0.39, 0.29) is 31.6 Å². The molecule has 4 heteroatoms. The number of nitrogens with zero attached hydrogens (tertiary/aromatic N) is 1. The quantitative estimate of drug-likeness (QED) is 0.0950. The molecule has 4 aromatic carbocycles. The first-order valence-electron chi connectivity index (χ1n) is 10.9. The molecule has 0 bridgehead atoms. The summed E-state index contributed by atoms with van der Waals surface area (Å²) in [6, 6.07) is 27.2. The average molecular weight is 625 g/mol. The molecule has 1 heterocycles. The van der Waals surface area contributed by atoms with Crippen LogP contribution in [0.4, 0.5) is 0 Å². The number of hydrogen-bond acceptors (Lipinski definition) is 3. The Bertz CT molecular complexity index is 1470. The summed E-state index contributed by atoms with van der Waals surface area (Å²) in [6.07, 6.45) is 3.09. The summed E-state index contributed by atoms with van der Waals surface area (Å²) in [7, 11) is 0. The van der Waals surface area contributed by atoms with E-state index in [4.69, 9.17) is 10.1 Å². The van der Waals surface area contributed by atoms with Crippen molar-refractivity contribution in [2.45, 2.75) is 27.7 Å². The summed E-state index contributed by atoms with van der Waals surface area (Å²) in [4.78, 5) is 14.8. The third-order valence-corrected chi connectivity index (χ3v) is 5.47. The second-order valence-electron chi connectivity index (χ2n) is 8.32. The van der Waals surface area contributed by atoms with Gasteiger partial charge in [-0.25, -0.2) is 0 Å². The molecule has 0 aliphatic carbocycles. The number of ketones is 1. The minimum atomic E-state index is -0.125. The third-order valence-electron chi connectivity index (χ3n) is 5.47. The van der Waals surface area contributed by atoms with E-state index in [0.717, 1.165) is 16.8 Å². The van der Waals surface area contributed by atoms with Gasteiger partial charge in [0.25, 0.3) is 0 Å². The van der Waals surface area contributed by atoms with Crippen molar-refractivity contribution in [3.8, 4) is 11.3 Å². The van der Waals surface area contributed by atoms with Crippen LogP contribution in [-0.2, 0) is 24.9 Å². The molecule has 0 aliphatic heterocycles. The predicted octanol–water partition coefficient (Wildman–Crippen LogP) is 7.66. The zero-order valence-electron chi connectivity index (χ0n) is 19.6. The number of aliphatic hydroxyl groups is 1. The van der Waals surface area contributed by atoms with Gasteiger partial charge in [-0.05, 0) is 57.9 Å². The molecule has 0 saturated carbocycles. The van der Waals surface area contributed by atoms with Crippen LogP contribution < -0.4 is 0 Å². The molecule has 0 aliphatic rings. The standard InChI is InChI=1S/C25H18N.C5H8O2.Ir/c1-16-13-17(2)15-18(14-16)25-24-22-10-6-5-8-20(22)19-7-3-4-9-21(19)23(24)11-12-26-25;1-4(6)3-5(2)7;/h3-14H,1-2H3;3,6H,1-2H3;/q-1;;/b;4-3-;. The Balaban J connectivity index is 0.000000357. The van der Waals surface area contributed by atoms with Gasteiger partial charge in [0, 0.05) is 32.4 Å². The van der Waals surface area contributed by atoms with E-state index in [1.807, 2.05) is 6.20 Å². The van der Waals surface area contributed by atoms with Gasteiger partial charge in [0.05, 0.1) is 5.76 Å². The molecule has 3 nitrogen and oxygen atoms in total. The van der Waals surface area contributed by atoms with E-state index in [9.17, 15) is 4.79 Å². The maximum atomic E-state index is 10.0. The molecule has 1 aromatic heterocycles. The van der Waals surface area contributed by atoms with Gasteiger partial charge in [0.1, 0.15) is 0 Å². The van der Waals surface area contributed by atoms with Gasteiger partial charge in [0.15, 0.2) is 5.78 Å². The molecule has 0 unspecified atom stereocenters. The van der Waals surface area contributed by atoms with Gasteiger partial charge in [0.2, 0.25) is 0 Å². The molecule has 1 radical (unpaired) electrons. The number of pyridine rings is 1. The largest absolute Gasteiger partial charge is 0.512 e. The summed E-state index contributed by atoms with van der Waals surface area (Å²) in [5.41, 5.74) is 4.45. The number of hydrogen-bond donors (Lipinski definition) is 1. The summed E-state index contributed by atoms with van der Waals surface area (Å²) >= 11 is 0. The van der Waals surface area contributed by atoms with Crippen LogP contribution in [0.25, 0.3) is 43.6 Å². The second-order valence-corrected chi connectivity index (χ2v) is 8.32. The number of carbonyl (C=O) groups is 1. The number of allylic oxidation sites excluding steroid dienone is 2. The first-order chi connectivity index (χ1) is 15.8. The Morgan fingerprint density at radius 3 is 1.88 bits per heavy atom. The minimum Gasteiger partial charge on any atom is -0.512 e. The molecule has 0 amide bonds. The maximum Gasteiger partial charge on any atom is 0.155 e. The van der Waals surface area contributed by atoms with Gasteiger partial charge >= 0.3 is 0 Å². The molecule has 5 rings (SSSR count). The van der Waals surface area contributed by atoms with Gasteiger partial charge in [-0.1, -0.05) is 62.4 Å². The first-order valence-corrected chi connectivity index (χ1v) is 10.9. The molecule has 0 fully saturated rings. The average Bonchev–Trinajstić information content (AvgIpc) is 2.78. The smallest absolute Gasteiger partial charge is 0.155 e. The number of aliphatic hydroxyl groups excluding tert-OH is 1. The number of aromatic nitrogens is 1. The fourth-order valence-corrected chi connectivity index (χ4v) is 4.37. The maximum absolute atomic E-state index is 10.0. The SMILES string of the molecule is CC(=O)/C=C(/C)O.Cc1[c-]c(-c2nccc3c4ccccc4c4ccccc4c23)cc(C)c1.[Ir]. The zero-order valence-corrected chi connectivity index (χ0v) is 22.0. The van der Waals surface area contributed by atoms with Crippen molar-refractivity contribution in [3.05, 3.63) is 102 Å². The minimum absolute atomic E-state index is 0. The van der Waals surface area contributed by atoms with Crippen molar-refractivity contribution >= 4 is 38.1 Å². The van der Waals surface area contributed by atoms with Gasteiger partial charge < -0.3 is 10.1 Å². The Morgan fingerprint density at radius 2 is 1.38 bits per heavy atom. The molecular formula is C30H26IrNO2-. The summed E-state index contributed by atoms with van der Waals surface area (Å²) in [5.74, 6) is -0.0625. The van der Waals surface area contributed by atoms with Crippen molar-refractivity contribution in [1.29, 1.82) is 0 Å². The van der Waals surface area contributed by atoms with E-state index in [0.29, 0.717) is 0 Å². The summed E-state index contributed by atoms with van der Waals surface area (Å²) in [5, 5.41) is 15.9. The summed E-state index contributed by atoms with van der Waals surface area (Å²) < 4.78 is 0. The van der Waals surface area contributed by atoms with E-state index in [1.54, 1.807) is 0 Å². The van der Waals surface area contributed by atoms with Crippen LogP contribution in [0.1, 0.15) is 25.0 Å². The van der Waals surface area contributed by atoms with Gasteiger partial charge in [-0.3, -0.25) is 4.79 Å². The van der Waals surface area contributed by atoms with Crippen molar-refractivity contribution in [1.82, 2.24) is 4.98 Å². The molecule has 1 N–H and O–H groups in total. The van der Waals surface area contributed by atoms with E-state index in [1.165, 1.54) is 57.8 Å². The molecule has 34 heavy (non-hydrogen) atoms. The Hall–Kier alpha value is -3.33. The van der Waals surface area contributed by atoms with Crippen LogP contribution in [0.2, 0.25) is 0 Å². The molecule has 0 atom stereocenters. The normalized spacial score (nSPS) is 11.1. The molecule has 5 aromatic rings. The fraction of sp³-hybridized carbons (Fsp3) is 0.133. The Kier molecular flexibility index (Phi) is 7.98. The number of benzene rings is 4. The topological polar surface area (TPSA) is 50.2 Å². The van der Waals surface area contributed by atoms with Crippen LogP contribution in [0, 0.1) is 19.9 Å². The van der Waals surface area contributed by atoms with Crippen LogP contribution in [0.15, 0.2) is 84.8 Å². The fourth-order valence-electron chi connectivity index (χ4n) is 4.37. The first kappa shape index (κ1) is 25.3. The summed E-state index contributed by atoms with van der Waals surface area (Å²) in [6.45, 7) is 7.07. The molecule has 173 valence electrons. The van der Waals surface area contributed by atoms with Crippen LogP contribution >= 0.6 is 0 Å². The van der Waals surface area contributed by atoms with E-state index in [2.05, 4.69) is 86.6 Å². The van der Waals surface area contributed by atoms with Gasteiger partial charge in [-0.2, -0.15) is 0 Å². The second kappa shape index (κ2) is 10.7. The monoisotopic (exact) mass is 625 g/mol. The van der Waals surface area contributed by atoms with Crippen LogP contribution in [-0.4, -0.2) is 15.9 Å². The Labute approximate surface area is 213 Å². The van der Waals surface area contributed by atoms with Crippen molar-refractivity contribution in [2.75, 3.05) is 0 Å². The number of carbonyl (C=O) groups excluding carboxylic acids is 1. The molecule has 0 saturated heterocycles. The zero-order chi connectivity index (χ0) is 23.5. The van der Waals surface area contributed by atoms with Crippen molar-refractivity contribution in [2.24, 2.45) is 0 Å². The van der Waals surface area contributed by atoms with Crippen molar-refractivity contribution in [3.63, 3.8) is 0 Å². The van der Waals surface area contributed by atoms with E-state index >= 15 is 0 Å². The van der Waals surface area contributed by atoms with Crippen LogP contribution in [0.3, 0.4) is 0 Å². The van der Waals surface area contributed by atoms with Gasteiger partial charge in [-0.15, -0.1) is 34.9 Å². The number of rotatable bonds is 2. The molecular weight excluding hydrogens is 599 g/mol. The van der Waals surface area contributed by atoms with Crippen molar-refractivity contribution < 1.29 is 30.0 Å².